The van der Waals surface area contributed by atoms with E-state index < -0.39 is 26.1 Å². The number of ether oxygens (including phenoxy) is 1. The van der Waals surface area contributed by atoms with E-state index in [4.69, 9.17) is 29.9 Å². The summed E-state index contributed by atoms with van der Waals surface area (Å²) in [4.78, 5) is 25.8. The van der Waals surface area contributed by atoms with Crippen LogP contribution in [0.4, 0.5) is 4.39 Å². The van der Waals surface area contributed by atoms with Gasteiger partial charge in [0.05, 0.1) is 24.9 Å². The number of aromatic nitrogens is 2. The maximum Gasteiger partial charge on any atom is 0.397 e. The number of halogens is 2. The summed E-state index contributed by atoms with van der Waals surface area (Å²) in [5.41, 5.74) is 0.0812. The molecule has 0 radical (unpaired) electrons. The van der Waals surface area contributed by atoms with E-state index in [0.29, 0.717) is 29.7 Å². The largest absolute Gasteiger partial charge is 0.426 e. The molecule has 1 aromatic heterocycles. The molecule has 3 unspecified atom stereocenters. The van der Waals surface area contributed by atoms with E-state index >= 15 is 4.39 Å². The van der Waals surface area contributed by atoms with Crippen LogP contribution in [-0.4, -0.2) is 22.3 Å². The summed E-state index contributed by atoms with van der Waals surface area (Å²) in [7, 11) is -1.76. The zero-order chi connectivity index (χ0) is 27.7. The Labute approximate surface area is 223 Å². The zero-order valence-corrected chi connectivity index (χ0v) is 24.4. The molecule has 206 valence electrons. The number of nitrogens with one attached hydrogen (secondary N) is 1. The molecule has 8 nitrogen and oxygen atoms in total. The summed E-state index contributed by atoms with van der Waals surface area (Å²) in [5.74, 6) is 0.183. The zero-order valence-electron chi connectivity index (χ0n) is 22.7. The van der Waals surface area contributed by atoms with E-state index in [9.17, 15) is 9.59 Å². The minimum atomic E-state index is -1.76. The molecule has 11 heteroatoms. The lowest BCUT2D eigenvalue weighted by molar-refractivity contribution is -0.0229. The maximum absolute atomic E-state index is 15.4. The molecule has 37 heavy (non-hydrogen) atoms. The molecule has 3 heterocycles. The van der Waals surface area contributed by atoms with Crippen molar-refractivity contribution in [3.05, 3.63) is 60.6 Å². The molecule has 1 saturated heterocycles. The molecule has 3 atom stereocenters. The van der Waals surface area contributed by atoms with Crippen molar-refractivity contribution >= 4 is 20.2 Å². The van der Waals surface area contributed by atoms with Crippen LogP contribution in [0.1, 0.15) is 91.1 Å². The lowest BCUT2D eigenvalue weighted by Crippen LogP contribution is -2.32. The van der Waals surface area contributed by atoms with Crippen LogP contribution in [0.15, 0.2) is 21.9 Å². The molecule has 1 N–H and O–H groups in total. The van der Waals surface area contributed by atoms with E-state index in [0.717, 1.165) is 5.56 Å². The highest BCUT2D eigenvalue weighted by Gasteiger charge is 2.36. The quantitative estimate of drug-likeness (QED) is 0.432. The Balaban J connectivity index is 0.00000186. The lowest BCUT2D eigenvalue weighted by Gasteiger charge is -2.33. The Kier molecular flexibility index (Phi) is 9.29. The van der Waals surface area contributed by atoms with Gasteiger partial charge >= 0.3 is 14.3 Å². The maximum atomic E-state index is 15.4. The van der Waals surface area contributed by atoms with E-state index in [1.165, 1.54) is 10.8 Å². The summed E-state index contributed by atoms with van der Waals surface area (Å²) in [6.45, 7) is 16.4. The van der Waals surface area contributed by atoms with Crippen LogP contribution in [0.2, 0.25) is 5.02 Å². The van der Waals surface area contributed by atoms with Gasteiger partial charge in [0.15, 0.2) is 0 Å². The second kappa shape index (κ2) is 11.5. The molecular weight excluding hydrogens is 522 g/mol. The minimum absolute atomic E-state index is 0.0549. The summed E-state index contributed by atoms with van der Waals surface area (Å²) in [5, 5.41) is -0.0875. The third kappa shape index (κ3) is 6.63. The number of nitrogens with zero attached hydrogens (tertiary/aromatic N) is 1. The molecule has 2 aromatic rings. The number of rotatable bonds is 4. The standard InChI is InChI=1S/C24H31ClFN2O6P.C2H6/c1-23(2,3)15-9-16(24(4,5)6)20-14(19(15)26)12-32-35(34-20)31-11-13-7-8-18(33-13)28-10-17(25)21(29)27-22(28)30;1-2/h9-10,13,18H,7-8,11-12H2,1-6H3,(H,27,29,30);1-2H3. The van der Waals surface area contributed by atoms with Gasteiger partial charge in [-0.3, -0.25) is 23.4 Å². The first-order chi connectivity index (χ1) is 17.3. The van der Waals surface area contributed by atoms with Crippen LogP contribution >= 0.6 is 20.2 Å². The number of hydrogen-bond acceptors (Lipinski definition) is 6. The molecule has 1 fully saturated rings. The predicted octanol–water partition coefficient (Wildman–Crippen LogP) is 6.48. The van der Waals surface area contributed by atoms with Gasteiger partial charge in [-0.2, -0.15) is 0 Å². The summed E-state index contributed by atoms with van der Waals surface area (Å²) < 4.78 is 40.3. The van der Waals surface area contributed by atoms with Crippen LogP contribution in [0.5, 0.6) is 5.75 Å². The molecular formula is C26H37ClFN2O6P. The molecule has 2 aliphatic rings. The van der Waals surface area contributed by atoms with E-state index in [1.54, 1.807) is 0 Å². The molecule has 1 aromatic carbocycles. The molecule has 0 spiro atoms. The summed E-state index contributed by atoms with van der Waals surface area (Å²) in [6, 6.07) is 1.89. The van der Waals surface area contributed by atoms with Gasteiger partial charge in [-0.15, -0.1) is 0 Å². The Bertz CT molecular complexity index is 1230. The molecule has 0 saturated carbocycles. The SMILES string of the molecule is CC.CC(C)(C)c1cc(C(C)(C)C)c2c(c1F)COP(OCC1CCC(n3cc(Cl)c(=O)[nH]c3=O)O1)O2. The van der Waals surface area contributed by atoms with Gasteiger partial charge in [0, 0.05) is 11.8 Å². The van der Waals surface area contributed by atoms with Crippen LogP contribution in [0.25, 0.3) is 0 Å². The topological polar surface area (TPSA) is 91.8 Å². The lowest BCUT2D eigenvalue weighted by atomic mass is 9.78. The highest BCUT2D eigenvalue weighted by Crippen LogP contribution is 2.52. The highest BCUT2D eigenvalue weighted by molar-refractivity contribution is 7.42. The highest BCUT2D eigenvalue weighted by atomic mass is 35.5. The van der Waals surface area contributed by atoms with Crippen molar-refractivity contribution in [3.63, 3.8) is 0 Å². The van der Waals surface area contributed by atoms with Crippen molar-refractivity contribution in [2.75, 3.05) is 6.61 Å². The monoisotopic (exact) mass is 558 g/mol. The van der Waals surface area contributed by atoms with Gasteiger partial charge < -0.3 is 9.26 Å². The fourth-order valence-corrected chi connectivity index (χ4v) is 5.36. The van der Waals surface area contributed by atoms with Crippen molar-refractivity contribution in [3.8, 4) is 5.75 Å². The van der Waals surface area contributed by atoms with Crippen molar-refractivity contribution in [2.24, 2.45) is 0 Å². The van der Waals surface area contributed by atoms with Crippen LogP contribution in [0, 0.1) is 5.82 Å². The van der Waals surface area contributed by atoms with Crippen molar-refractivity contribution in [1.29, 1.82) is 0 Å². The van der Waals surface area contributed by atoms with E-state index in [1.807, 2.05) is 40.7 Å². The minimum Gasteiger partial charge on any atom is -0.426 e. The first kappa shape index (κ1) is 29.8. The third-order valence-electron chi connectivity index (χ3n) is 6.09. The molecule has 0 aliphatic carbocycles. The Morgan fingerprint density at radius 1 is 1.14 bits per heavy atom. The number of aromatic amines is 1. The van der Waals surface area contributed by atoms with Crippen molar-refractivity contribution < 1.29 is 22.7 Å². The Morgan fingerprint density at radius 3 is 2.41 bits per heavy atom. The van der Waals surface area contributed by atoms with E-state index in [-0.39, 0.29) is 41.0 Å². The van der Waals surface area contributed by atoms with Gasteiger partial charge in [-0.1, -0.05) is 67.0 Å². The number of benzene rings is 1. The number of hydrogen-bond donors (Lipinski definition) is 1. The Morgan fingerprint density at radius 2 is 1.78 bits per heavy atom. The molecule has 0 bridgehead atoms. The molecule has 0 amide bonds. The fraction of sp³-hybridized carbons (Fsp3) is 0.615. The van der Waals surface area contributed by atoms with Crippen LogP contribution in [-0.2, 0) is 31.2 Å². The van der Waals surface area contributed by atoms with Gasteiger partial charge in [0.1, 0.15) is 22.8 Å². The fourth-order valence-electron chi connectivity index (χ4n) is 4.15. The first-order valence-electron chi connectivity index (χ1n) is 12.5. The summed E-state index contributed by atoms with van der Waals surface area (Å²) in [6.07, 6.45) is 1.58. The number of H-pyrrole nitrogens is 1. The van der Waals surface area contributed by atoms with E-state index in [2.05, 4.69) is 25.8 Å². The summed E-state index contributed by atoms with van der Waals surface area (Å²) >= 11 is 5.85. The van der Waals surface area contributed by atoms with Crippen molar-refractivity contribution in [2.45, 2.75) is 98.0 Å². The van der Waals surface area contributed by atoms with Gasteiger partial charge in [-0.05, 0) is 35.3 Å². The van der Waals surface area contributed by atoms with Gasteiger partial charge in [0.2, 0.25) is 0 Å². The second-order valence-corrected chi connectivity index (χ2v) is 12.5. The Hall–Kier alpha value is -1.77. The predicted molar refractivity (Wildman–Crippen MR) is 143 cm³/mol. The normalized spacial score (nSPS) is 21.6. The van der Waals surface area contributed by atoms with Crippen LogP contribution < -0.4 is 15.8 Å². The first-order valence-corrected chi connectivity index (χ1v) is 14.0. The van der Waals surface area contributed by atoms with Crippen molar-refractivity contribution in [1.82, 2.24) is 9.55 Å². The third-order valence-corrected chi connectivity index (χ3v) is 7.39. The average Bonchev–Trinajstić information content (AvgIpc) is 3.28. The average molecular weight is 559 g/mol. The smallest absolute Gasteiger partial charge is 0.397 e. The molecule has 4 rings (SSSR count). The second-order valence-electron chi connectivity index (χ2n) is 10.9. The number of fused-ring (bicyclic) bond motifs is 1. The molecule has 2 aliphatic heterocycles. The van der Waals surface area contributed by atoms with Gasteiger partial charge in [0.25, 0.3) is 5.56 Å². The van der Waals surface area contributed by atoms with Crippen LogP contribution in [0.3, 0.4) is 0 Å². The van der Waals surface area contributed by atoms with Gasteiger partial charge in [-0.25, -0.2) is 9.18 Å².